The molecule has 0 amide bonds. The van der Waals surface area contributed by atoms with Gasteiger partial charge in [0.25, 0.3) is 0 Å². The molecule has 0 radical (unpaired) electrons. The minimum absolute atomic E-state index is 0.283. The molecule has 0 aliphatic rings. The van der Waals surface area contributed by atoms with E-state index in [1.807, 2.05) is 23.5 Å². The van der Waals surface area contributed by atoms with Gasteiger partial charge in [0, 0.05) is 9.75 Å². The molecule has 2 nitrogen and oxygen atoms in total. The molecule has 1 atom stereocenters. The molecule has 0 bridgehead atoms. The van der Waals surface area contributed by atoms with Gasteiger partial charge in [-0.15, -0.1) is 11.3 Å². The SMILES string of the molecule is CCCNC(c1ccc(OC)cc1)c1ccc(CC)s1. The van der Waals surface area contributed by atoms with Crippen LogP contribution in [0, 0.1) is 0 Å². The smallest absolute Gasteiger partial charge is 0.118 e. The number of nitrogens with one attached hydrogen (secondary N) is 1. The zero-order valence-electron chi connectivity index (χ0n) is 12.5. The summed E-state index contributed by atoms with van der Waals surface area (Å²) in [6.07, 6.45) is 2.24. The molecule has 2 aromatic rings. The Morgan fingerprint density at radius 2 is 1.85 bits per heavy atom. The van der Waals surface area contributed by atoms with Crippen LogP contribution in [0.5, 0.6) is 5.75 Å². The molecule has 0 saturated carbocycles. The van der Waals surface area contributed by atoms with Crippen molar-refractivity contribution in [3.8, 4) is 5.75 Å². The van der Waals surface area contributed by atoms with Crippen molar-refractivity contribution in [1.29, 1.82) is 0 Å². The lowest BCUT2D eigenvalue weighted by Gasteiger charge is -2.18. The highest BCUT2D eigenvalue weighted by molar-refractivity contribution is 7.12. The zero-order chi connectivity index (χ0) is 14.4. The van der Waals surface area contributed by atoms with Crippen LogP contribution in [0.1, 0.15) is 41.6 Å². The highest BCUT2D eigenvalue weighted by atomic mass is 32.1. The molecule has 20 heavy (non-hydrogen) atoms. The van der Waals surface area contributed by atoms with Gasteiger partial charge in [-0.3, -0.25) is 0 Å². The van der Waals surface area contributed by atoms with Crippen LogP contribution >= 0.6 is 11.3 Å². The van der Waals surface area contributed by atoms with Gasteiger partial charge in [-0.05, 0) is 49.2 Å². The Morgan fingerprint density at radius 1 is 1.10 bits per heavy atom. The van der Waals surface area contributed by atoms with E-state index in [4.69, 9.17) is 4.74 Å². The summed E-state index contributed by atoms with van der Waals surface area (Å²) in [5.41, 5.74) is 1.30. The van der Waals surface area contributed by atoms with Crippen molar-refractivity contribution in [2.75, 3.05) is 13.7 Å². The Balaban J connectivity index is 2.25. The highest BCUT2D eigenvalue weighted by Gasteiger charge is 2.15. The van der Waals surface area contributed by atoms with Gasteiger partial charge in [0.05, 0.1) is 13.2 Å². The number of methoxy groups -OCH3 is 1. The third kappa shape index (κ3) is 3.62. The first-order chi connectivity index (χ1) is 9.78. The molecule has 0 fully saturated rings. The summed E-state index contributed by atoms with van der Waals surface area (Å²) in [4.78, 5) is 2.83. The Morgan fingerprint density at radius 3 is 2.40 bits per heavy atom. The van der Waals surface area contributed by atoms with Crippen LogP contribution in [0.25, 0.3) is 0 Å². The first kappa shape index (κ1) is 15.1. The predicted octanol–water partition coefficient (Wildman–Crippen LogP) is 4.41. The molecule has 0 spiro atoms. The normalized spacial score (nSPS) is 12.3. The lowest BCUT2D eigenvalue weighted by atomic mass is 10.0. The van der Waals surface area contributed by atoms with Crippen molar-refractivity contribution in [1.82, 2.24) is 5.32 Å². The van der Waals surface area contributed by atoms with Crippen molar-refractivity contribution in [2.45, 2.75) is 32.7 Å². The fraction of sp³-hybridized carbons (Fsp3) is 0.412. The number of hydrogen-bond donors (Lipinski definition) is 1. The van der Waals surface area contributed by atoms with Crippen LogP contribution in [0.15, 0.2) is 36.4 Å². The quantitative estimate of drug-likeness (QED) is 0.815. The van der Waals surface area contributed by atoms with Crippen LogP contribution in [0.2, 0.25) is 0 Å². The van der Waals surface area contributed by atoms with E-state index in [1.54, 1.807) is 7.11 Å². The molecule has 0 saturated heterocycles. The lowest BCUT2D eigenvalue weighted by molar-refractivity contribution is 0.414. The van der Waals surface area contributed by atoms with Crippen LogP contribution < -0.4 is 10.1 Å². The van der Waals surface area contributed by atoms with Crippen LogP contribution in [-0.4, -0.2) is 13.7 Å². The number of aryl methyl sites for hydroxylation is 1. The van der Waals surface area contributed by atoms with Crippen molar-refractivity contribution in [3.63, 3.8) is 0 Å². The number of benzene rings is 1. The molecular formula is C17H23NOS. The van der Waals surface area contributed by atoms with Gasteiger partial charge < -0.3 is 10.1 Å². The van der Waals surface area contributed by atoms with Crippen LogP contribution in [0.4, 0.5) is 0 Å². The Labute approximate surface area is 125 Å². The molecule has 1 aromatic heterocycles. The number of rotatable bonds is 7. The van der Waals surface area contributed by atoms with E-state index in [9.17, 15) is 0 Å². The standard InChI is InChI=1S/C17H23NOS/c1-4-12-18-17(16-11-10-15(5-2)20-16)13-6-8-14(19-3)9-7-13/h6-11,17-18H,4-5,12H2,1-3H3. The van der Waals surface area contributed by atoms with Gasteiger partial charge in [0.1, 0.15) is 5.75 Å². The number of thiophene rings is 1. The third-order valence-electron chi connectivity index (χ3n) is 3.36. The van der Waals surface area contributed by atoms with Crippen molar-refractivity contribution in [3.05, 3.63) is 51.7 Å². The van der Waals surface area contributed by atoms with E-state index >= 15 is 0 Å². The third-order valence-corrected chi connectivity index (χ3v) is 4.66. The van der Waals surface area contributed by atoms with Crippen molar-refractivity contribution < 1.29 is 4.74 Å². The molecule has 3 heteroatoms. The van der Waals surface area contributed by atoms with Gasteiger partial charge in [-0.25, -0.2) is 0 Å². The predicted molar refractivity (Wildman–Crippen MR) is 86.8 cm³/mol. The topological polar surface area (TPSA) is 21.3 Å². The molecule has 0 aliphatic heterocycles. The summed E-state index contributed by atoms with van der Waals surface area (Å²) >= 11 is 1.90. The summed E-state index contributed by atoms with van der Waals surface area (Å²) in [7, 11) is 1.70. The first-order valence-corrected chi connectivity index (χ1v) is 8.06. The molecule has 1 aromatic carbocycles. The second-order valence-corrected chi connectivity index (χ2v) is 6.02. The molecule has 0 aliphatic carbocycles. The maximum absolute atomic E-state index is 5.24. The summed E-state index contributed by atoms with van der Waals surface area (Å²) in [5, 5.41) is 3.65. The lowest BCUT2D eigenvalue weighted by Crippen LogP contribution is -2.22. The summed E-state index contributed by atoms with van der Waals surface area (Å²) < 4.78 is 5.24. The minimum atomic E-state index is 0.283. The van der Waals surface area contributed by atoms with Crippen LogP contribution in [0.3, 0.4) is 0 Å². The van der Waals surface area contributed by atoms with Crippen molar-refractivity contribution >= 4 is 11.3 Å². The maximum atomic E-state index is 5.24. The largest absolute Gasteiger partial charge is 0.497 e. The van der Waals surface area contributed by atoms with Crippen molar-refractivity contribution in [2.24, 2.45) is 0 Å². The fourth-order valence-electron chi connectivity index (χ4n) is 2.21. The van der Waals surface area contributed by atoms with Gasteiger partial charge in [-0.1, -0.05) is 26.0 Å². The fourth-order valence-corrected chi connectivity index (χ4v) is 3.26. The minimum Gasteiger partial charge on any atom is -0.497 e. The monoisotopic (exact) mass is 289 g/mol. The van der Waals surface area contributed by atoms with Gasteiger partial charge >= 0.3 is 0 Å². The summed E-state index contributed by atoms with van der Waals surface area (Å²) in [5.74, 6) is 0.906. The van der Waals surface area contributed by atoms with E-state index in [1.165, 1.54) is 15.3 Å². The molecule has 1 unspecified atom stereocenters. The van der Waals surface area contributed by atoms with Crippen LogP contribution in [-0.2, 0) is 6.42 Å². The van der Waals surface area contributed by atoms with E-state index in [0.29, 0.717) is 0 Å². The van der Waals surface area contributed by atoms with Gasteiger partial charge in [0.2, 0.25) is 0 Å². The maximum Gasteiger partial charge on any atom is 0.118 e. The average molecular weight is 289 g/mol. The molecular weight excluding hydrogens is 266 g/mol. The highest BCUT2D eigenvalue weighted by Crippen LogP contribution is 2.29. The molecule has 1 N–H and O–H groups in total. The second-order valence-electron chi connectivity index (χ2n) is 4.82. The van der Waals surface area contributed by atoms with Gasteiger partial charge in [0.15, 0.2) is 0 Å². The molecule has 1 heterocycles. The Bertz CT molecular complexity index is 518. The average Bonchev–Trinajstić information content (AvgIpc) is 2.97. The summed E-state index contributed by atoms with van der Waals surface area (Å²) in [6, 6.07) is 13.1. The Kier molecular flexibility index (Phi) is 5.62. The number of ether oxygens (including phenoxy) is 1. The number of hydrogen-bond acceptors (Lipinski definition) is 3. The summed E-state index contributed by atoms with van der Waals surface area (Å²) in [6.45, 7) is 5.43. The van der Waals surface area contributed by atoms with E-state index in [2.05, 4.69) is 43.4 Å². The van der Waals surface area contributed by atoms with E-state index < -0.39 is 0 Å². The van der Waals surface area contributed by atoms with E-state index in [-0.39, 0.29) is 6.04 Å². The first-order valence-electron chi connectivity index (χ1n) is 7.24. The van der Waals surface area contributed by atoms with E-state index in [0.717, 1.165) is 25.1 Å². The zero-order valence-corrected chi connectivity index (χ0v) is 13.3. The Hall–Kier alpha value is -1.32. The second kappa shape index (κ2) is 7.46. The molecule has 108 valence electrons. The van der Waals surface area contributed by atoms with Gasteiger partial charge in [-0.2, -0.15) is 0 Å². The molecule has 2 rings (SSSR count).